The zero-order valence-electron chi connectivity index (χ0n) is 13.2. The second-order valence-electron chi connectivity index (χ2n) is 5.86. The maximum absolute atomic E-state index is 12.5. The highest BCUT2D eigenvalue weighted by Crippen LogP contribution is 2.12. The molecule has 0 unspecified atom stereocenters. The molecule has 116 valence electrons. The molecular weight excluding hydrogens is 266 g/mol. The molecule has 2 heterocycles. The number of aryl methyl sites for hydroxylation is 1. The quantitative estimate of drug-likeness (QED) is 0.864. The van der Waals surface area contributed by atoms with Crippen molar-refractivity contribution in [1.29, 1.82) is 0 Å². The van der Waals surface area contributed by atoms with Crippen molar-refractivity contribution in [2.24, 2.45) is 0 Å². The van der Waals surface area contributed by atoms with Crippen LogP contribution in [0.15, 0.2) is 12.1 Å². The normalized spacial score (nSPS) is 16.5. The van der Waals surface area contributed by atoms with Crippen LogP contribution in [0.1, 0.15) is 16.1 Å². The predicted molar refractivity (Wildman–Crippen MR) is 84.3 cm³/mol. The number of hydrogen-bond donors (Lipinski definition) is 1. The predicted octanol–water partition coefficient (Wildman–Crippen LogP) is 0.292. The van der Waals surface area contributed by atoms with E-state index in [0.29, 0.717) is 11.4 Å². The highest BCUT2D eigenvalue weighted by Gasteiger charge is 2.22. The first-order valence-electron chi connectivity index (χ1n) is 7.36. The number of anilines is 1. The van der Waals surface area contributed by atoms with Crippen molar-refractivity contribution in [2.45, 2.75) is 6.92 Å². The highest BCUT2D eigenvalue weighted by atomic mass is 16.2. The fraction of sp³-hybridized carbons (Fsp3) is 0.600. The number of pyridine rings is 1. The molecule has 1 aromatic rings. The molecule has 0 radical (unpaired) electrons. The van der Waals surface area contributed by atoms with Crippen LogP contribution in [0.25, 0.3) is 0 Å². The minimum Gasteiger partial charge on any atom is -0.384 e. The van der Waals surface area contributed by atoms with Gasteiger partial charge in [0, 0.05) is 50.5 Å². The van der Waals surface area contributed by atoms with Crippen LogP contribution >= 0.6 is 0 Å². The summed E-state index contributed by atoms with van der Waals surface area (Å²) in [5.41, 5.74) is 7.14. The van der Waals surface area contributed by atoms with E-state index in [9.17, 15) is 4.79 Å². The molecule has 0 aromatic carbocycles. The largest absolute Gasteiger partial charge is 0.384 e. The van der Waals surface area contributed by atoms with Crippen LogP contribution in [0.2, 0.25) is 0 Å². The number of likely N-dealkylation sites (N-methyl/N-ethyl adjacent to an activating group) is 1. The SMILES string of the molecule is Cc1cc(C(=O)N2CCN(CCN(C)C)CC2)cc(N)n1. The lowest BCUT2D eigenvalue weighted by Crippen LogP contribution is -2.50. The molecule has 0 saturated carbocycles. The summed E-state index contributed by atoms with van der Waals surface area (Å²) in [6, 6.07) is 3.46. The van der Waals surface area contributed by atoms with Gasteiger partial charge >= 0.3 is 0 Å². The van der Waals surface area contributed by atoms with Gasteiger partial charge < -0.3 is 15.5 Å². The van der Waals surface area contributed by atoms with E-state index in [1.807, 2.05) is 11.8 Å². The van der Waals surface area contributed by atoms with Crippen LogP contribution in [0.5, 0.6) is 0 Å². The number of piperazine rings is 1. The summed E-state index contributed by atoms with van der Waals surface area (Å²) in [5.74, 6) is 0.461. The van der Waals surface area contributed by atoms with Crippen LogP contribution in [0, 0.1) is 6.92 Å². The number of rotatable bonds is 4. The molecule has 6 heteroatoms. The summed E-state index contributed by atoms with van der Waals surface area (Å²) in [7, 11) is 4.16. The van der Waals surface area contributed by atoms with Crippen LogP contribution in [-0.2, 0) is 0 Å². The number of carbonyl (C=O) groups excluding carboxylic acids is 1. The van der Waals surface area contributed by atoms with Crippen molar-refractivity contribution in [3.05, 3.63) is 23.4 Å². The molecule has 0 spiro atoms. The molecule has 1 saturated heterocycles. The molecule has 21 heavy (non-hydrogen) atoms. The Morgan fingerprint density at radius 3 is 2.52 bits per heavy atom. The lowest BCUT2D eigenvalue weighted by molar-refractivity contribution is 0.0629. The van der Waals surface area contributed by atoms with Gasteiger partial charge in [0.1, 0.15) is 5.82 Å². The van der Waals surface area contributed by atoms with E-state index in [0.717, 1.165) is 45.0 Å². The van der Waals surface area contributed by atoms with Gasteiger partial charge in [-0.15, -0.1) is 0 Å². The van der Waals surface area contributed by atoms with Gasteiger partial charge in [0.25, 0.3) is 5.91 Å². The van der Waals surface area contributed by atoms with Crippen molar-refractivity contribution >= 4 is 11.7 Å². The molecule has 1 fully saturated rings. The van der Waals surface area contributed by atoms with E-state index < -0.39 is 0 Å². The average molecular weight is 291 g/mol. The first kappa shape index (κ1) is 15.7. The summed E-state index contributed by atoms with van der Waals surface area (Å²) in [6.07, 6.45) is 0. The molecular formula is C15H25N5O. The Kier molecular flexibility index (Phi) is 5.14. The number of nitrogen functional groups attached to an aromatic ring is 1. The first-order valence-corrected chi connectivity index (χ1v) is 7.36. The number of amides is 1. The highest BCUT2D eigenvalue weighted by molar-refractivity contribution is 5.95. The van der Waals surface area contributed by atoms with Crippen LogP contribution in [-0.4, -0.2) is 79.0 Å². The Labute approximate surface area is 126 Å². The molecule has 1 aliphatic rings. The summed E-state index contributed by atoms with van der Waals surface area (Å²) < 4.78 is 0. The van der Waals surface area contributed by atoms with Crippen LogP contribution < -0.4 is 5.73 Å². The Morgan fingerprint density at radius 1 is 1.29 bits per heavy atom. The standard InChI is InChI=1S/C15H25N5O/c1-12-10-13(11-14(16)17-12)15(21)20-8-6-19(7-9-20)5-4-18(2)3/h10-11H,4-9H2,1-3H3,(H2,16,17). The first-order chi connectivity index (χ1) is 9.95. The number of carbonyl (C=O) groups is 1. The topological polar surface area (TPSA) is 65.7 Å². The smallest absolute Gasteiger partial charge is 0.254 e. The fourth-order valence-corrected chi connectivity index (χ4v) is 2.52. The summed E-state index contributed by atoms with van der Waals surface area (Å²) in [6.45, 7) is 7.36. The number of nitrogens with zero attached hydrogens (tertiary/aromatic N) is 4. The lowest BCUT2D eigenvalue weighted by atomic mass is 10.2. The van der Waals surface area contributed by atoms with Crippen LogP contribution in [0.4, 0.5) is 5.82 Å². The van der Waals surface area contributed by atoms with Gasteiger partial charge in [0.2, 0.25) is 0 Å². The Balaban J connectivity index is 1.91. The second kappa shape index (κ2) is 6.87. The van der Waals surface area contributed by atoms with E-state index in [-0.39, 0.29) is 5.91 Å². The third kappa shape index (κ3) is 4.41. The third-order valence-corrected chi connectivity index (χ3v) is 3.74. The molecule has 1 aromatic heterocycles. The Hall–Kier alpha value is -1.66. The van der Waals surface area contributed by atoms with Crippen LogP contribution in [0.3, 0.4) is 0 Å². The molecule has 2 rings (SSSR count). The summed E-state index contributed by atoms with van der Waals surface area (Å²) in [4.78, 5) is 23.1. The molecule has 1 amide bonds. The molecule has 0 aliphatic carbocycles. The number of hydrogen-bond acceptors (Lipinski definition) is 5. The number of aromatic nitrogens is 1. The minimum atomic E-state index is 0.0551. The van der Waals surface area contributed by atoms with E-state index in [1.165, 1.54) is 0 Å². The van der Waals surface area contributed by atoms with E-state index in [1.54, 1.807) is 12.1 Å². The van der Waals surface area contributed by atoms with Gasteiger partial charge in [-0.25, -0.2) is 4.98 Å². The maximum Gasteiger partial charge on any atom is 0.254 e. The van der Waals surface area contributed by atoms with Crippen molar-refractivity contribution in [1.82, 2.24) is 19.7 Å². The fourth-order valence-electron chi connectivity index (χ4n) is 2.52. The lowest BCUT2D eigenvalue weighted by Gasteiger charge is -2.35. The van der Waals surface area contributed by atoms with Gasteiger partial charge in [-0.1, -0.05) is 0 Å². The number of nitrogens with two attached hydrogens (primary N) is 1. The van der Waals surface area contributed by atoms with Gasteiger partial charge in [-0.3, -0.25) is 9.69 Å². The van der Waals surface area contributed by atoms with E-state index in [2.05, 4.69) is 28.9 Å². The summed E-state index contributed by atoms with van der Waals surface area (Å²) >= 11 is 0. The van der Waals surface area contributed by atoms with Gasteiger partial charge in [0.15, 0.2) is 0 Å². The van der Waals surface area contributed by atoms with Gasteiger partial charge in [0.05, 0.1) is 0 Å². The average Bonchev–Trinajstić information content (AvgIpc) is 2.44. The molecule has 2 N–H and O–H groups in total. The van der Waals surface area contributed by atoms with E-state index >= 15 is 0 Å². The Morgan fingerprint density at radius 2 is 1.95 bits per heavy atom. The van der Waals surface area contributed by atoms with E-state index in [4.69, 9.17) is 5.73 Å². The second-order valence-corrected chi connectivity index (χ2v) is 5.86. The molecule has 0 bridgehead atoms. The Bertz CT molecular complexity index is 475. The van der Waals surface area contributed by atoms with Crippen molar-refractivity contribution in [3.8, 4) is 0 Å². The van der Waals surface area contributed by atoms with Crippen molar-refractivity contribution in [2.75, 3.05) is 59.1 Å². The van der Waals surface area contributed by atoms with Crippen molar-refractivity contribution < 1.29 is 4.79 Å². The minimum absolute atomic E-state index is 0.0551. The van der Waals surface area contributed by atoms with Crippen molar-refractivity contribution in [3.63, 3.8) is 0 Å². The maximum atomic E-state index is 12.5. The molecule has 1 aliphatic heterocycles. The van der Waals surface area contributed by atoms with Gasteiger partial charge in [-0.2, -0.15) is 0 Å². The molecule has 6 nitrogen and oxygen atoms in total. The zero-order chi connectivity index (χ0) is 15.4. The monoisotopic (exact) mass is 291 g/mol. The molecule has 0 atom stereocenters. The van der Waals surface area contributed by atoms with Gasteiger partial charge in [-0.05, 0) is 33.2 Å². The summed E-state index contributed by atoms with van der Waals surface area (Å²) in [5, 5.41) is 0. The zero-order valence-corrected chi connectivity index (χ0v) is 13.2. The third-order valence-electron chi connectivity index (χ3n) is 3.74.